The molecule has 0 saturated carbocycles. The maximum absolute atomic E-state index is 12.2. The topological polar surface area (TPSA) is 94.2 Å². The van der Waals surface area contributed by atoms with Crippen molar-refractivity contribution in [2.45, 2.75) is 4.90 Å². The number of nitrogens with zero attached hydrogens (tertiary/aromatic N) is 1. The van der Waals surface area contributed by atoms with Crippen molar-refractivity contribution in [3.05, 3.63) is 51.9 Å². The molecule has 0 amide bonds. The lowest BCUT2D eigenvalue weighted by Crippen LogP contribution is -2.19. The molecule has 2 rings (SSSR count). The van der Waals surface area contributed by atoms with Gasteiger partial charge in [-0.3, -0.25) is 9.52 Å². The van der Waals surface area contributed by atoms with Crippen molar-refractivity contribution in [3.8, 4) is 0 Å². The summed E-state index contributed by atoms with van der Waals surface area (Å²) in [5.74, 6) is 0. The molecule has 0 atom stereocenters. The number of pyridine rings is 1. The Bertz CT molecular complexity index is 815. The standard InChI is InChI=1S/C12H12ClN3O3S/c1-16-7-9(3-5-12(16)17)15-20(18,19)11-4-2-8(13)6-10(11)14/h2-7,15H,14H2,1H3. The molecule has 0 aliphatic carbocycles. The Morgan fingerprint density at radius 3 is 2.55 bits per heavy atom. The van der Waals surface area contributed by atoms with Crippen molar-refractivity contribution >= 4 is 33.0 Å². The Kier molecular flexibility index (Phi) is 3.74. The fourth-order valence-corrected chi connectivity index (χ4v) is 2.97. The molecule has 20 heavy (non-hydrogen) atoms. The minimum Gasteiger partial charge on any atom is -0.398 e. The van der Waals surface area contributed by atoms with Crippen molar-refractivity contribution < 1.29 is 8.42 Å². The van der Waals surface area contributed by atoms with Crippen LogP contribution >= 0.6 is 11.6 Å². The number of nitrogen functional groups attached to an aromatic ring is 1. The second kappa shape index (κ2) is 5.18. The predicted molar refractivity (Wildman–Crippen MR) is 78.4 cm³/mol. The fourth-order valence-electron chi connectivity index (χ4n) is 1.63. The number of aryl methyl sites for hydroxylation is 1. The molecule has 3 N–H and O–H groups in total. The van der Waals surface area contributed by atoms with E-state index in [4.69, 9.17) is 17.3 Å². The van der Waals surface area contributed by atoms with Gasteiger partial charge >= 0.3 is 0 Å². The number of benzene rings is 1. The highest BCUT2D eigenvalue weighted by Crippen LogP contribution is 2.24. The number of sulfonamides is 1. The Morgan fingerprint density at radius 1 is 1.25 bits per heavy atom. The second-order valence-corrected chi connectivity index (χ2v) is 6.24. The fraction of sp³-hybridized carbons (Fsp3) is 0.0833. The van der Waals surface area contributed by atoms with Crippen molar-refractivity contribution in [2.75, 3.05) is 10.5 Å². The molecule has 2 aromatic rings. The lowest BCUT2D eigenvalue weighted by atomic mass is 10.3. The number of rotatable bonds is 3. The monoisotopic (exact) mass is 313 g/mol. The summed E-state index contributed by atoms with van der Waals surface area (Å²) < 4.78 is 28.0. The van der Waals surface area contributed by atoms with Crippen LogP contribution in [0.5, 0.6) is 0 Å². The van der Waals surface area contributed by atoms with Crippen LogP contribution in [-0.2, 0) is 17.1 Å². The van der Waals surface area contributed by atoms with Gasteiger partial charge < -0.3 is 10.3 Å². The zero-order valence-corrected chi connectivity index (χ0v) is 12.1. The van der Waals surface area contributed by atoms with Crippen molar-refractivity contribution in [2.24, 2.45) is 7.05 Å². The van der Waals surface area contributed by atoms with Gasteiger partial charge in [0.1, 0.15) is 4.90 Å². The van der Waals surface area contributed by atoms with E-state index in [-0.39, 0.29) is 21.8 Å². The normalized spacial score (nSPS) is 11.3. The number of halogens is 1. The summed E-state index contributed by atoms with van der Waals surface area (Å²) >= 11 is 5.73. The summed E-state index contributed by atoms with van der Waals surface area (Å²) in [6, 6.07) is 6.76. The lowest BCUT2D eigenvalue weighted by molar-refractivity contribution is 0.601. The molecule has 0 unspecified atom stereocenters. The third-order valence-electron chi connectivity index (χ3n) is 2.60. The minimum atomic E-state index is -3.84. The molecule has 0 aliphatic heterocycles. The van der Waals surface area contributed by atoms with Gasteiger partial charge in [-0.15, -0.1) is 0 Å². The van der Waals surface area contributed by atoms with Crippen LogP contribution in [0.1, 0.15) is 0 Å². The molecule has 0 radical (unpaired) electrons. The highest BCUT2D eigenvalue weighted by molar-refractivity contribution is 7.92. The summed E-state index contributed by atoms with van der Waals surface area (Å²) in [4.78, 5) is 11.2. The van der Waals surface area contributed by atoms with Crippen molar-refractivity contribution in [1.29, 1.82) is 0 Å². The quantitative estimate of drug-likeness (QED) is 0.838. The van der Waals surface area contributed by atoms with Crippen LogP contribution < -0.4 is 16.0 Å². The van der Waals surface area contributed by atoms with E-state index < -0.39 is 10.0 Å². The minimum absolute atomic E-state index is 0.0508. The van der Waals surface area contributed by atoms with E-state index in [1.807, 2.05) is 0 Å². The first-order valence-electron chi connectivity index (χ1n) is 5.54. The lowest BCUT2D eigenvalue weighted by Gasteiger charge is -2.11. The largest absolute Gasteiger partial charge is 0.398 e. The van der Waals surface area contributed by atoms with Gasteiger partial charge in [-0.2, -0.15) is 0 Å². The molecule has 0 bridgehead atoms. The van der Waals surface area contributed by atoms with Gasteiger partial charge in [0.15, 0.2) is 0 Å². The molecule has 1 aromatic carbocycles. The molecular weight excluding hydrogens is 302 g/mol. The third kappa shape index (κ3) is 2.94. The van der Waals surface area contributed by atoms with E-state index in [9.17, 15) is 13.2 Å². The van der Waals surface area contributed by atoms with Gasteiger partial charge in [0.05, 0.1) is 11.4 Å². The maximum Gasteiger partial charge on any atom is 0.263 e. The van der Waals surface area contributed by atoms with Crippen molar-refractivity contribution in [3.63, 3.8) is 0 Å². The number of aromatic nitrogens is 1. The molecular formula is C12H12ClN3O3S. The zero-order valence-electron chi connectivity index (χ0n) is 10.5. The van der Waals surface area contributed by atoms with E-state index >= 15 is 0 Å². The van der Waals surface area contributed by atoms with Crippen molar-refractivity contribution in [1.82, 2.24) is 4.57 Å². The van der Waals surface area contributed by atoms with Crippen LogP contribution in [0.25, 0.3) is 0 Å². The Labute approximate surface area is 120 Å². The molecule has 0 aliphatic rings. The first-order chi connectivity index (χ1) is 9.29. The van der Waals surface area contributed by atoms with Gasteiger partial charge in [0.25, 0.3) is 10.0 Å². The van der Waals surface area contributed by atoms with E-state index in [1.54, 1.807) is 0 Å². The molecule has 8 heteroatoms. The first-order valence-corrected chi connectivity index (χ1v) is 7.40. The number of nitrogens with two attached hydrogens (primary N) is 1. The second-order valence-electron chi connectivity index (χ2n) is 4.15. The molecule has 0 fully saturated rings. The maximum atomic E-state index is 12.2. The van der Waals surface area contributed by atoms with Gasteiger partial charge in [0, 0.05) is 24.3 Å². The van der Waals surface area contributed by atoms with Gasteiger partial charge in [-0.25, -0.2) is 8.42 Å². The molecule has 6 nitrogen and oxygen atoms in total. The smallest absolute Gasteiger partial charge is 0.263 e. The van der Waals surface area contributed by atoms with E-state index in [0.717, 1.165) is 0 Å². The number of nitrogens with one attached hydrogen (secondary N) is 1. The first kappa shape index (κ1) is 14.4. The average molecular weight is 314 g/mol. The van der Waals surface area contributed by atoms with Gasteiger partial charge in [0.2, 0.25) is 5.56 Å². The number of anilines is 2. The Morgan fingerprint density at radius 2 is 1.95 bits per heavy atom. The highest BCUT2D eigenvalue weighted by Gasteiger charge is 2.17. The average Bonchev–Trinajstić information content (AvgIpc) is 2.33. The molecule has 0 spiro atoms. The SMILES string of the molecule is Cn1cc(NS(=O)(=O)c2ccc(Cl)cc2N)ccc1=O. The summed E-state index contributed by atoms with van der Waals surface area (Å²) in [7, 11) is -2.31. The van der Waals surface area contributed by atoms with Crippen LogP contribution in [-0.4, -0.2) is 13.0 Å². The van der Waals surface area contributed by atoms with Crippen LogP contribution in [0.2, 0.25) is 5.02 Å². The van der Waals surface area contributed by atoms with Gasteiger partial charge in [-0.05, 0) is 24.3 Å². The predicted octanol–water partition coefficient (Wildman–Crippen LogP) is 1.42. The number of hydrogen-bond donors (Lipinski definition) is 2. The van der Waals surface area contributed by atoms with E-state index in [2.05, 4.69) is 4.72 Å². The Hall–Kier alpha value is -1.99. The van der Waals surface area contributed by atoms with Crippen LogP contribution in [0.3, 0.4) is 0 Å². The Balaban J connectivity index is 2.40. The van der Waals surface area contributed by atoms with Crippen LogP contribution in [0.15, 0.2) is 46.2 Å². The summed E-state index contributed by atoms with van der Waals surface area (Å²) in [5, 5.41) is 0.351. The number of hydrogen-bond acceptors (Lipinski definition) is 4. The van der Waals surface area contributed by atoms with E-state index in [1.165, 1.54) is 48.1 Å². The van der Waals surface area contributed by atoms with Crippen LogP contribution in [0.4, 0.5) is 11.4 Å². The molecule has 106 valence electrons. The highest BCUT2D eigenvalue weighted by atomic mass is 35.5. The third-order valence-corrected chi connectivity index (χ3v) is 4.29. The molecule has 0 saturated heterocycles. The van der Waals surface area contributed by atoms with E-state index in [0.29, 0.717) is 5.02 Å². The summed E-state index contributed by atoms with van der Waals surface area (Å²) in [6.45, 7) is 0. The van der Waals surface area contributed by atoms with Gasteiger partial charge in [-0.1, -0.05) is 11.6 Å². The molecule has 1 heterocycles. The summed E-state index contributed by atoms with van der Waals surface area (Å²) in [5.41, 5.74) is 5.74. The zero-order chi connectivity index (χ0) is 14.9. The summed E-state index contributed by atoms with van der Waals surface area (Å²) in [6.07, 6.45) is 1.38. The van der Waals surface area contributed by atoms with Crippen LogP contribution in [0, 0.1) is 0 Å². The molecule has 1 aromatic heterocycles.